The minimum atomic E-state index is 0.645. The van der Waals surface area contributed by atoms with Crippen molar-refractivity contribution in [2.24, 2.45) is 10.7 Å². The number of aliphatic imine (C=N–C) groups is 1. The Morgan fingerprint density at radius 1 is 0.824 bits per heavy atom. The van der Waals surface area contributed by atoms with E-state index in [9.17, 15) is 0 Å². The highest BCUT2D eigenvalue weighted by Gasteiger charge is 2.05. The lowest BCUT2D eigenvalue weighted by molar-refractivity contribution is 1.45. The highest BCUT2D eigenvalue weighted by Crippen LogP contribution is 2.22. The van der Waals surface area contributed by atoms with E-state index in [1.54, 1.807) is 0 Å². The number of benzene rings is 2. The molecule has 17 heavy (non-hydrogen) atoms. The maximum Gasteiger partial charge on any atom is 0.0930 e. The number of nitrogens with zero attached hydrogens (tertiary/aromatic N) is 1. The summed E-state index contributed by atoms with van der Waals surface area (Å²) in [6.45, 7) is 3.60. The Hall–Kier alpha value is -2.35. The Bertz CT molecular complexity index is 527. The fourth-order valence-corrected chi connectivity index (χ4v) is 1.68. The molecule has 0 unspecified atom stereocenters. The van der Waals surface area contributed by atoms with Gasteiger partial charge in [-0.05, 0) is 12.3 Å². The zero-order chi connectivity index (χ0) is 12.1. The van der Waals surface area contributed by atoms with Gasteiger partial charge in [0.25, 0.3) is 0 Å². The van der Waals surface area contributed by atoms with E-state index in [4.69, 9.17) is 5.73 Å². The minimum absolute atomic E-state index is 0.645. The van der Waals surface area contributed by atoms with Crippen molar-refractivity contribution in [1.82, 2.24) is 0 Å². The lowest BCUT2D eigenvalue weighted by Gasteiger charge is -2.07. The molecule has 0 saturated heterocycles. The number of rotatable bonds is 3. The molecule has 2 heteroatoms. The molecule has 0 bridgehead atoms. The summed E-state index contributed by atoms with van der Waals surface area (Å²) in [5.41, 5.74) is 9.43. The Morgan fingerprint density at radius 3 is 1.76 bits per heavy atom. The number of hydrogen-bond acceptors (Lipinski definition) is 2. The van der Waals surface area contributed by atoms with Crippen molar-refractivity contribution < 1.29 is 0 Å². The summed E-state index contributed by atoms with van der Waals surface area (Å²) in [7, 11) is 0. The smallest absolute Gasteiger partial charge is 0.0930 e. The monoisotopic (exact) mass is 222 g/mol. The van der Waals surface area contributed by atoms with Crippen LogP contribution in [0.3, 0.4) is 0 Å². The van der Waals surface area contributed by atoms with Crippen LogP contribution in [0.15, 0.2) is 65.7 Å². The van der Waals surface area contributed by atoms with Gasteiger partial charge >= 0.3 is 0 Å². The topological polar surface area (TPSA) is 38.4 Å². The molecule has 2 rings (SSSR count). The summed E-state index contributed by atoms with van der Waals surface area (Å²) in [6.07, 6.45) is 0. The van der Waals surface area contributed by atoms with Gasteiger partial charge in [-0.15, -0.1) is 0 Å². The lowest BCUT2D eigenvalue weighted by Crippen LogP contribution is -2.00. The highest BCUT2D eigenvalue weighted by molar-refractivity contribution is 5.89. The molecule has 0 heterocycles. The summed E-state index contributed by atoms with van der Waals surface area (Å²) in [4.78, 5) is 4.04. The van der Waals surface area contributed by atoms with Crippen LogP contribution < -0.4 is 5.73 Å². The molecule has 2 nitrogen and oxygen atoms in total. The largest absolute Gasteiger partial charge is 0.396 e. The van der Waals surface area contributed by atoms with Gasteiger partial charge in [-0.2, -0.15) is 0 Å². The molecule has 0 aliphatic carbocycles. The molecule has 0 radical (unpaired) electrons. The van der Waals surface area contributed by atoms with Crippen molar-refractivity contribution >= 4 is 18.1 Å². The molecule has 2 aromatic rings. The van der Waals surface area contributed by atoms with E-state index < -0.39 is 0 Å². The molecule has 84 valence electrons. The first-order valence-corrected chi connectivity index (χ1v) is 5.40. The first-order valence-electron chi connectivity index (χ1n) is 5.40. The first-order chi connectivity index (χ1) is 8.33. The fourth-order valence-electron chi connectivity index (χ4n) is 1.68. The Balaban J connectivity index is 2.52. The van der Waals surface area contributed by atoms with Gasteiger partial charge in [0.1, 0.15) is 0 Å². The normalized spacial score (nSPS) is 11.8. The second-order valence-electron chi connectivity index (χ2n) is 3.65. The average Bonchev–Trinajstić information content (AvgIpc) is 2.42. The van der Waals surface area contributed by atoms with E-state index in [2.05, 4.69) is 11.7 Å². The van der Waals surface area contributed by atoms with E-state index >= 15 is 0 Å². The van der Waals surface area contributed by atoms with Crippen molar-refractivity contribution in [3.63, 3.8) is 0 Å². The summed E-state index contributed by atoms with van der Waals surface area (Å²) in [6, 6.07) is 19.6. The zero-order valence-electron chi connectivity index (χ0n) is 9.51. The van der Waals surface area contributed by atoms with Gasteiger partial charge in [0, 0.05) is 5.56 Å². The molecule has 0 amide bonds. The number of hydrogen-bond donors (Lipinski definition) is 1. The van der Waals surface area contributed by atoms with Crippen LogP contribution in [-0.4, -0.2) is 6.72 Å². The maximum absolute atomic E-state index is 6.13. The first kappa shape index (κ1) is 11.1. The second-order valence-corrected chi connectivity index (χ2v) is 3.65. The van der Waals surface area contributed by atoms with Gasteiger partial charge in [-0.3, -0.25) is 4.99 Å². The molecule has 0 aliphatic rings. The molecular weight excluding hydrogens is 208 g/mol. The van der Waals surface area contributed by atoms with Crippen LogP contribution in [0, 0.1) is 0 Å². The standard InChI is InChI=1S/C15H14N2/c1-17-15(13-10-6-3-7-11-13)14(16)12-8-4-2-5-9-12/h2-11H,1,16H2/b15-14-. The van der Waals surface area contributed by atoms with Crippen molar-refractivity contribution in [3.05, 3.63) is 71.8 Å². The van der Waals surface area contributed by atoms with E-state index in [0.717, 1.165) is 16.8 Å². The predicted molar refractivity (Wildman–Crippen MR) is 73.4 cm³/mol. The summed E-state index contributed by atoms with van der Waals surface area (Å²) < 4.78 is 0. The minimum Gasteiger partial charge on any atom is -0.396 e. The van der Waals surface area contributed by atoms with Gasteiger partial charge in [-0.1, -0.05) is 60.7 Å². The second kappa shape index (κ2) is 5.12. The van der Waals surface area contributed by atoms with Crippen molar-refractivity contribution in [1.29, 1.82) is 0 Å². The van der Waals surface area contributed by atoms with E-state index in [0.29, 0.717) is 5.70 Å². The molecule has 0 spiro atoms. The Morgan fingerprint density at radius 2 is 1.29 bits per heavy atom. The molecular formula is C15H14N2. The van der Waals surface area contributed by atoms with E-state index in [1.165, 1.54) is 0 Å². The van der Waals surface area contributed by atoms with Crippen LogP contribution in [0.1, 0.15) is 11.1 Å². The molecule has 2 N–H and O–H groups in total. The molecule has 0 fully saturated rings. The van der Waals surface area contributed by atoms with Crippen LogP contribution in [-0.2, 0) is 0 Å². The third kappa shape index (κ3) is 2.42. The van der Waals surface area contributed by atoms with Crippen molar-refractivity contribution in [2.45, 2.75) is 0 Å². The molecule has 2 aromatic carbocycles. The molecule has 0 atom stereocenters. The van der Waals surface area contributed by atoms with Crippen LogP contribution >= 0.6 is 0 Å². The summed E-state index contributed by atoms with van der Waals surface area (Å²) in [5.74, 6) is 0. The van der Waals surface area contributed by atoms with Crippen LogP contribution in [0.5, 0.6) is 0 Å². The summed E-state index contributed by atoms with van der Waals surface area (Å²) in [5, 5.41) is 0. The van der Waals surface area contributed by atoms with Gasteiger partial charge in [0.2, 0.25) is 0 Å². The van der Waals surface area contributed by atoms with Gasteiger partial charge < -0.3 is 5.73 Å². The molecule has 0 aliphatic heterocycles. The summed E-state index contributed by atoms with van der Waals surface area (Å²) >= 11 is 0. The average molecular weight is 222 g/mol. The lowest BCUT2D eigenvalue weighted by atomic mass is 10.1. The Kier molecular flexibility index (Phi) is 3.36. The van der Waals surface area contributed by atoms with Gasteiger partial charge in [0.05, 0.1) is 11.4 Å². The third-order valence-corrected chi connectivity index (χ3v) is 2.55. The van der Waals surface area contributed by atoms with Gasteiger partial charge in [-0.25, -0.2) is 0 Å². The van der Waals surface area contributed by atoms with E-state index in [1.807, 2.05) is 60.7 Å². The van der Waals surface area contributed by atoms with Gasteiger partial charge in [0.15, 0.2) is 0 Å². The zero-order valence-corrected chi connectivity index (χ0v) is 9.51. The quantitative estimate of drug-likeness (QED) is 0.628. The maximum atomic E-state index is 6.13. The van der Waals surface area contributed by atoms with E-state index in [-0.39, 0.29) is 0 Å². The Labute approximate surface area is 101 Å². The van der Waals surface area contributed by atoms with Crippen molar-refractivity contribution in [2.75, 3.05) is 0 Å². The SMILES string of the molecule is C=N/C(=C(\N)c1ccccc1)c1ccccc1. The predicted octanol–water partition coefficient (Wildman–Crippen LogP) is 3.17. The number of nitrogens with two attached hydrogens (primary N) is 1. The van der Waals surface area contributed by atoms with Crippen molar-refractivity contribution in [3.8, 4) is 0 Å². The highest BCUT2D eigenvalue weighted by atomic mass is 14.8. The van der Waals surface area contributed by atoms with Crippen LogP contribution in [0.25, 0.3) is 11.4 Å². The van der Waals surface area contributed by atoms with Crippen LogP contribution in [0.2, 0.25) is 0 Å². The van der Waals surface area contributed by atoms with Crippen LogP contribution in [0.4, 0.5) is 0 Å². The molecule has 0 aromatic heterocycles. The third-order valence-electron chi connectivity index (χ3n) is 2.55. The molecule has 0 saturated carbocycles. The fraction of sp³-hybridized carbons (Fsp3) is 0.